The Bertz CT molecular complexity index is 758. The van der Waals surface area contributed by atoms with E-state index >= 15 is 0 Å². The van der Waals surface area contributed by atoms with Gasteiger partial charge in [-0.05, 0) is 31.3 Å². The number of amides is 1. The van der Waals surface area contributed by atoms with E-state index in [1.54, 1.807) is 32.4 Å². The van der Waals surface area contributed by atoms with Crippen molar-refractivity contribution in [1.29, 1.82) is 0 Å². The van der Waals surface area contributed by atoms with Gasteiger partial charge in [-0.15, -0.1) is 10.2 Å². The van der Waals surface area contributed by atoms with Crippen molar-refractivity contribution in [3.63, 3.8) is 0 Å². The molecule has 8 nitrogen and oxygen atoms in total. The van der Waals surface area contributed by atoms with Crippen LogP contribution in [-0.4, -0.2) is 73.4 Å². The van der Waals surface area contributed by atoms with Gasteiger partial charge in [0.2, 0.25) is 0 Å². The van der Waals surface area contributed by atoms with Crippen molar-refractivity contribution >= 4 is 17.4 Å². The molecule has 1 aliphatic rings. The van der Waals surface area contributed by atoms with E-state index in [0.29, 0.717) is 41.8 Å². The maximum atomic E-state index is 12.5. The first kappa shape index (κ1) is 17.9. The molecule has 0 unspecified atom stereocenters. The minimum absolute atomic E-state index is 0.0869. The Balaban J connectivity index is 1.71. The van der Waals surface area contributed by atoms with Crippen LogP contribution in [0.4, 0.5) is 11.5 Å². The van der Waals surface area contributed by atoms with Gasteiger partial charge in [0.25, 0.3) is 5.91 Å². The van der Waals surface area contributed by atoms with Crippen LogP contribution >= 0.6 is 0 Å². The number of nitrogens with one attached hydrogen (secondary N) is 1. The molecule has 1 aliphatic heterocycles. The lowest BCUT2D eigenvalue weighted by Gasteiger charge is -2.32. The molecular formula is C18H23N5O3. The minimum Gasteiger partial charge on any atom is -0.497 e. The Morgan fingerprint density at radius 2 is 1.81 bits per heavy atom. The number of nitrogens with zero attached hydrogens (tertiary/aromatic N) is 4. The minimum atomic E-state index is -0.0869. The molecule has 3 rings (SSSR count). The standard InChI is InChI=1S/C18H23N5O3/c1-22-8-10-23(11-9-22)18(24)14-5-7-17(21-20-14)19-15-12-13(25-2)4-6-16(15)26-3/h4-7,12H,8-11H2,1-3H3,(H,19,21). The van der Waals surface area contributed by atoms with E-state index in [4.69, 9.17) is 9.47 Å². The molecule has 2 heterocycles. The molecule has 1 N–H and O–H groups in total. The number of hydrogen-bond donors (Lipinski definition) is 1. The zero-order chi connectivity index (χ0) is 18.5. The van der Waals surface area contributed by atoms with E-state index < -0.39 is 0 Å². The summed E-state index contributed by atoms with van der Waals surface area (Å²) >= 11 is 0. The van der Waals surface area contributed by atoms with E-state index in [-0.39, 0.29) is 5.91 Å². The van der Waals surface area contributed by atoms with Crippen molar-refractivity contribution in [3.8, 4) is 11.5 Å². The average molecular weight is 357 g/mol. The SMILES string of the molecule is COc1ccc(OC)c(Nc2ccc(C(=O)N3CCN(C)CC3)nn2)c1. The van der Waals surface area contributed by atoms with Crippen molar-refractivity contribution in [2.75, 3.05) is 52.8 Å². The molecule has 1 aromatic heterocycles. The first-order valence-electron chi connectivity index (χ1n) is 8.41. The number of rotatable bonds is 5. The number of ether oxygens (including phenoxy) is 2. The van der Waals surface area contributed by atoms with Gasteiger partial charge in [0.1, 0.15) is 11.5 Å². The molecule has 0 atom stereocenters. The smallest absolute Gasteiger partial charge is 0.274 e. The van der Waals surface area contributed by atoms with Crippen molar-refractivity contribution in [2.24, 2.45) is 0 Å². The molecule has 1 saturated heterocycles. The van der Waals surface area contributed by atoms with Gasteiger partial charge in [0.15, 0.2) is 11.5 Å². The second kappa shape index (κ2) is 8.01. The molecule has 1 aromatic carbocycles. The van der Waals surface area contributed by atoms with Gasteiger partial charge >= 0.3 is 0 Å². The predicted octanol–water partition coefficient (Wildman–Crippen LogP) is 1.62. The van der Waals surface area contributed by atoms with Crippen LogP contribution in [0.25, 0.3) is 0 Å². The van der Waals surface area contributed by atoms with Crippen molar-refractivity contribution in [3.05, 3.63) is 36.0 Å². The zero-order valence-electron chi connectivity index (χ0n) is 15.2. The van der Waals surface area contributed by atoms with E-state index in [0.717, 1.165) is 13.1 Å². The van der Waals surface area contributed by atoms with Crippen LogP contribution in [-0.2, 0) is 0 Å². The number of likely N-dealkylation sites (N-methyl/N-ethyl adjacent to an activating group) is 1. The van der Waals surface area contributed by atoms with Gasteiger partial charge in [0.05, 0.1) is 19.9 Å². The second-order valence-corrected chi connectivity index (χ2v) is 6.09. The molecule has 138 valence electrons. The summed E-state index contributed by atoms with van der Waals surface area (Å²) in [5.74, 6) is 1.79. The number of methoxy groups -OCH3 is 2. The number of hydrogen-bond acceptors (Lipinski definition) is 7. The van der Waals surface area contributed by atoms with Gasteiger partial charge in [-0.1, -0.05) is 0 Å². The first-order chi connectivity index (χ1) is 12.6. The highest BCUT2D eigenvalue weighted by Gasteiger charge is 2.21. The third-order valence-corrected chi connectivity index (χ3v) is 4.34. The Labute approximate surface area is 152 Å². The van der Waals surface area contributed by atoms with Gasteiger partial charge in [-0.25, -0.2) is 0 Å². The van der Waals surface area contributed by atoms with Crippen LogP contribution in [0, 0.1) is 0 Å². The number of anilines is 2. The third kappa shape index (κ3) is 4.02. The Morgan fingerprint density at radius 3 is 2.42 bits per heavy atom. The topological polar surface area (TPSA) is 79.8 Å². The molecular weight excluding hydrogens is 334 g/mol. The molecule has 0 radical (unpaired) electrons. The number of benzene rings is 1. The molecule has 2 aromatic rings. The lowest BCUT2D eigenvalue weighted by molar-refractivity contribution is 0.0657. The van der Waals surface area contributed by atoms with Crippen LogP contribution in [0.5, 0.6) is 11.5 Å². The third-order valence-electron chi connectivity index (χ3n) is 4.34. The summed E-state index contributed by atoms with van der Waals surface area (Å²) < 4.78 is 10.6. The molecule has 1 amide bonds. The van der Waals surface area contributed by atoms with Crippen molar-refractivity contribution in [1.82, 2.24) is 20.0 Å². The number of carbonyl (C=O) groups is 1. The fourth-order valence-electron chi connectivity index (χ4n) is 2.73. The van der Waals surface area contributed by atoms with E-state index in [9.17, 15) is 4.79 Å². The van der Waals surface area contributed by atoms with E-state index in [2.05, 4.69) is 27.5 Å². The highest BCUT2D eigenvalue weighted by Crippen LogP contribution is 2.30. The summed E-state index contributed by atoms with van der Waals surface area (Å²) in [5, 5.41) is 11.3. The van der Waals surface area contributed by atoms with Gasteiger partial charge in [-0.2, -0.15) is 0 Å². The maximum absolute atomic E-state index is 12.5. The quantitative estimate of drug-likeness (QED) is 0.871. The summed E-state index contributed by atoms with van der Waals surface area (Å²) in [7, 11) is 5.25. The molecule has 0 aliphatic carbocycles. The van der Waals surface area contributed by atoms with Crippen LogP contribution in [0.2, 0.25) is 0 Å². The Kier molecular flexibility index (Phi) is 5.52. The fourth-order valence-corrected chi connectivity index (χ4v) is 2.73. The lowest BCUT2D eigenvalue weighted by Crippen LogP contribution is -2.47. The van der Waals surface area contributed by atoms with E-state index in [1.165, 1.54) is 0 Å². The normalized spacial score (nSPS) is 14.8. The van der Waals surface area contributed by atoms with Gasteiger partial charge in [-0.3, -0.25) is 4.79 Å². The largest absolute Gasteiger partial charge is 0.497 e. The zero-order valence-corrected chi connectivity index (χ0v) is 15.2. The van der Waals surface area contributed by atoms with Crippen molar-refractivity contribution < 1.29 is 14.3 Å². The summed E-state index contributed by atoms with van der Waals surface area (Å²) in [6, 6.07) is 8.84. The number of piperazine rings is 1. The highest BCUT2D eigenvalue weighted by molar-refractivity contribution is 5.92. The monoisotopic (exact) mass is 357 g/mol. The number of aromatic nitrogens is 2. The molecule has 1 fully saturated rings. The first-order valence-corrected chi connectivity index (χ1v) is 8.41. The fraction of sp³-hybridized carbons (Fsp3) is 0.389. The number of carbonyl (C=O) groups excluding carboxylic acids is 1. The highest BCUT2D eigenvalue weighted by atomic mass is 16.5. The molecule has 26 heavy (non-hydrogen) atoms. The summed E-state index contributed by atoms with van der Waals surface area (Å²) in [6.07, 6.45) is 0. The van der Waals surface area contributed by atoms with Crippen LogP contribution in [0.15, 0.2) is 30.3 Å². The molecule has 0 bridgehead atoms. The lowest BCUT2D eigenvalue weighted by atomic mass is 10.2. The van der Waals surface area contributed by atoms with E-state index in [1.807, 2.05) is 17.0 Å². The van der Waals surface area contributed by atoms with Crippen LogP contribution in [0.1, 0.15) is 10.5 Å². The molecule has 0 spiro atoms. The van der Waals surface area contributed by atoms with Gasteiger partial charge in [0, 0.05) is 32.2 Å². The molecule has 0 saturated carbocycles. The summed E-state index contributed by atoms with van der Waals surface area (Å²) in [6.45, 7) is 3.15. The predicted molar refractivity (Wildman–Crippen MR) is 98.3 cm³/mol. The molecule has 8 heteroatoms. The average Bonchev–Trinajstić information content (AvgIpc) is 2.68. The van der Waals surface area contributed by atoms with Crippen LogP contribution in [0.3, 0.4) is 0 Å². The van der Waals surface area contributed by atoms with Crippen LogP contribution < -0.4 is 14.8 Å². The summed E-state index contributed by atoms with van der Waals surface area (Å²) in [4.78, 5) is 16.5. The Morgan fingerprint density at radius 1 is 1.04 bits per heavy atom. The van der Waals surface area contributed by atoms with Gasteiger partial charge < -0.3 is 24.6 Å². The maximum Gasteiger partial charge on any atom is 0.274 e. The second-order valence-electron chi connectivity index (χ2n) is 6.09. The Hall–Kier alpha value is -2.87. The van der Waals surface area contributed by atoms with Crippen molar-refractivity contribution in [2.45, 2.75) is 0 Å². The summed E-state index contributed by atoms with van der Waals surface area (Å²) in [5.41, 5.74) is 1.05.